The second kappa shape index (κ2) is 8.75. The molecule has 27 heavy (non-hydrogen) atoms. The number of methoxy groups -OCH3 is 1. The number of imidazole rings is 1. The standard InChI is InChI=1S/C21H18N2O2S.ClH/c1-24-19-12-16(25-14-15-6-3-2-4-7-15)9-10-17(19)18-13-22-21(23-18)20-8-5-11-26-20;/h2-13H,14H2,1H3,(H,22,23);1H. The summed E-state index contributed by atoms with van der Waals surface area (Å²) in [4.78, 5) is 8.95. The van der Waals surface area contributed by atoms with Crippen molar-refractivity contribution in [3.63, 3.8) is 0 Å². The molecule has 0 atom stereocenters. The van der Waals surface area contributed by atoms with E-state index >= 15 is 0 Å². The number of rotatable bonds is 6. The quantitative estimate of drug-likeness (QED) is 0.445. The van der Waals surface area contributed by atoms with Crippen molar-refractivity contribution in [1.82, 2.24) is 9.97 Å². The summed E-state index contributed by atoms with van der Waals surface area (Å²) in [7, 11) is 1.66. The smallest absolute Gasteiger partial charge is 0.147 e. The highest BCUT2D eigenvalue weighted by Gasteiger charge is 2.12. The highest BCUT2D eigenvalue weighted by molar-refractivity contribution is 7.13. The maximum Gasteiger partial charge on any atom is 0.147 e. The average molecular weight is 399 g/mol. The molecular formula is C21H19ClN2O2S. The zero-order chi connectivity index (χ0) is 17.8. The summed E-state index contributed by atoms with van der Waals surface area (Å²) in [5.41, 5.74) is 3.00. The van der Waals surface area contributed by atoms with E-state index < -0.39 is 0 Å². The van der Waals surface area contributed by atoms with Gasteiger partial charge in [0.2, 0.25) is 0 Å². The molecule has 4 aromatic rings. The summed E-state index contributed by atoms with van der Waals surface area (Å²) in [5.74, 6) is 2.38. The summed E-state index contributed by atoms with van der Waals surface area (Å²) in [6.45, 7) is 0.524. The molecule has 0 aliphatic carbocycles. The minimum Gasteiger partial charge on any atom is -0.496 e. The lowest BCUT2D eigenvalue weighted by Gasteiger charge is -2.11. The highest BCUT2D eigenvalue weighted by Crippen LogP contribution is 2.34. The SMILES string of the molecule is COc1cc(OCc2ccccc2)ccc1-c1cnc(-c2cccs2)[nH]1.Cl. The first-order valence-corrected chi connectivity index (χ1v) is 9.15. The fraction of sp³-hybridized carbons (Fsp3) is 0.0952. The number of halogens is 1. The van der Waals surface area contributed by atoms with Crippen LogP contribution in [0.4, 0.5) is 0 Å². The van der Waals surface area contributed by atoms with Crippen LogP contribution in [-0.2, 0) is 6.61 Å². The molecule has 2 aromatic heterocycles. The third-order valence-electron chi connectivity index (χ3n) is 4.04. The van der Waals surface area contributed by atoms with E-state index in [-0.39, 0.29) is 12.4 Å². The van der Waals surface area contributed by atoms with E-state index in [1.54, 1.807) is 18.4 Å². The van der Waals surface area contributed by atoms with E-state index in [2.05, 4.69) is 9.97 Å². The van der Waals surface area contributed by atoms with Crippen LogP contribution < -0.4 is 9.47 Å². The number of nitrogens with zero attached hydrogens (tertiary/aromatic N) is 1. The fourth-order valence-electron chi connectivity index (χ4n) is 2.72. The normalized spacial score (nSPS) is 10.3. The number of thiophene rings is 1. The Hall–Kier alpha value is -2.76. The molecular weight excluding hydrogens is 380 g/mol. The van der Waals surface area contributed by atoms with Crippen molar-refractivity contribution in [2.45, 2.75) is 6.61 Å². The predicted octanol–water partition coefficient (Wildman–Crippen LogP) is 5.81. The number of hydrogen-bond donors (Lipinski definition) is 1. The van der Waals surface area contributed by atoms with Crippen LogP contribution in [0.15, 0.2) is 72.2 Å². The molecule has 0 spiro atoms. The summed E-state index contributed by atoms with van der Waals surface area (Å²) in [5, 5.41) is 2.04. The predicted molar refractivity (Wildman–Crippen MR) is 112 cm³/mol. The third-order valence-corrected chi connectivity index (χ3v) is 4.92. The Balaban J connectivity index is 0.00000210. The monoisotopic (exact) mass is 398 g/mol. The minimum absolute atomic E-state index is 0. The highest BCUT2D eigenvalue weighted by atomic mass is 35.5. The van der Waals surface area contributed by atoms with Crippen LogP contribution in [0.5, 0.6) is 11.5 Å². The van der Waals surface area contributed by atoms with Crippen molar-refractivity contribution >= 4 is 23.7 Å². The molecule has 0 saturated carbocycles. The minimum atomic E-state index is 0. The summed E-state index contributed by atoms with van der Waals surface area (Å²) < 4.78 is 11.5. The van der Waals surface area contributed by atoms with E-state index in [0.717, 1.165) is 39.0 Å². The van der Waals surface area contributed by atoms with E-state index in [0.29, 0.717) is 6.61 Å². The van der Waals surface area contributed by atoms with Crippen molar-refractivity contribution in [3.05, 3.63) is 77.8 Å². The first-order chi connectivity index (χ1) is 12.8. The van der Waals surface area contributed by atoms with Gasteiger partial charge in [-0.15, -0.1) is 23.7 Å². The fourth-order valence-corrected chi connectivity index (χ4v) is 3.40. The van der Waals surface area contributed by atoms with Crippen LogP contribution in [0, 0.1) is 0 Å². The van der Waals surface area contributed by atoms with Crippen molar-refractivity contribution in [2.75, 3.05) is 7.11 Å². The van der Waals surface area contributed by atoms with E-state index in [1.807, 2.05) is 72.2 Å². The molecule has 4 nitrogen and oxygen atoms in total. The molecule has 2 aromatic carbocycles. The van der Waals surface area contributed by atoms with Crippen molar-refractivity contribution in [1.29, 1.82) is 0 Å². The van der Waals surface area contributed by atoms with E-state index in [1.165, 1.54) is 0 Å². The summed E-state index contributed by atoms with van der Waals surface area (Å²) in [6.07, 6.45) is 1.83. The van der Waals surface area contributed by atoms with Gasteiger partial charge in [0.15, 0.2) is 0 Å². The molecule has 0 radical (unpaired) electrons. The van der Waals surface area contributed by atoms with Crippen LogP contribution in [-0.4, -0.2) is 17.1 Å². The number of aromatic nitrogens is 2. The van der Waals surface area contributed by atoms with E-state index in [4.69, 9.17) is 9.47 Å². The number of nitrogens with one attached hydrogen (secondary N) is 1. The Labute approximate surface area is 168 Å². The molecule has 0 aliphatic rings. The van der Waals surface area contributed by atoms with Crippen molar-refractivity contribution < 1.29 is 9.47 Å². The van der Waals surface area contributed by atoms with Gasteiger partial charge in [-0.05, 0) is 29.1 Å². The molecule has 2 heterocycles. The number of aromatic amines is 1. The molecule has 0 bridgehead atoms. The Morgan fingerprint density at radius 3 is 2.63 bits per heavy atom. The topological polar surface area (TPSA) is 47.1 Å². The number of benzene rings is 2. The van der Waals surface area contributed by atoms with Gasteiger partial charge in [0.05, 0.1) is 23.9 Å². The van der Waals surface area contributed by atoms with Gasteiger partial charge < -0.3 is 14.5 Å². The molecule has 0 aliphatic heterocycles. The van der Waals surface area contributed by atoms with Crippen molar-refractivity contribution in [2.24, 2.45) is 0 Å². The first-order valence-electron chi connectivity index (χ1n) is 8.27. The molecule has 0 unspecified atom stereocenters. The number of hydrogen-bond acceptors (Lipinski definition) is 4. The zero-order valence-electron chi connectivity index (χ0n) is 14.7. The maximum absolute atomic E-state index is 5.89. The summed E-state index contributed by atoms with van der Waals surface area (Å²) in [6, 6.07) is 20.0. The zero-order valence-corrected chi connectivity index (χ0v) is 16.3. The molecule has 0 saturated heterocycles. The van der Waals surface area contributed by atoms with Gasteiger partial charge in [0, 0.05) is 11.6 Å². The average Bonchev–Trinajstić information content (AvgIpc) is 3.38. The Bertz CT molecular complexity index is 985. The van der Waals surface area contributed by atoms with Crippen LogP contribution in [0.3, 0.4) is 0 Å². The molecule has 0 amide bonds. The maximum atomic E-state index is 5.89. The van der Waals surface area contributed by atoms with Gasteiger partial charge >= 0.3 is 0 Å². The van der Waals surface area contributed by atoms with Crippen LogP contribution >= 0.6 is 23.7 Å². The molecule has 138 valence electrons. The van der Waals surface area contributed by atoms with Gasteiger partial charge in [-0.2, -0.15) is 0 Å². The second-order valence-electron chi connectivity index (χ2n) is 5.76. The lowest BCUT2D eigenvalue weighted by molar-refractivity contribution is 0.304. The van der Waals surface area contributed by atoms with Gasteiger partial charge in [-0.1, -0.05) is 36.4 Å². The van der Waals surface area contributed by atoms with Gasteiger partial charge in [-0.3, -0.25) is 0 Å². The number of ether oxygens (including phenoxy) is 2. The van der Waals surface area contributed by atoms with Crippen LogP contribution in [0.1, 0.15) is 5.56 Å². The molecule has 1 N–H and O–H groups in total. The molecule has 4 rings (SSSR count). The van der Waals surface area contributed by atoms with Gasteiger partial charge in [-0.25, -0.2) is 4.98 Å². The van der Waals surface area contributed by atoms with Crippen molar-refractivity contribution in [3.8, 4) is 33.5 Å². The summed E-state index contributed by atoms with van der Waals surface area (Å²) >= 11 is 1.66. The largest absolute Gasteiger partial charge is 0.496 e. The van der Waals surface area contributed by atoms with E-state index in [9.17, 15) is 0 Å². The second-order valence-corrected chi connectivity index (χ2v) is 6.71. The van der Waals surface area contributed by atoms with Gasteiger partial charge in [0.25, 0.3) is 0 Å². The first kappa shape index (κ1) is 19.0. The third kappa shape index (κ3) is 4.32. The van der Waals surface area contributed by atoms with Crippen LogP contribution in [0.25, 0.3) is 22.0 Å². The Morgan fingerprint density at radius 2 is 1.89 bits per heavy atom. The molecule has 6 heteroatoms. The number of H-pyrrole nitrogens is 1. The molecule has 0 fully saturated rings. The lowest BCUT2D eigenvalue weighted by Crippen LogP contribution is -1.96. The van der Waals surface area contributed by atoms with Gasteiger partial charge in [0.1, 0.15) is 23.9 Å². The Kier molecular flexibility index (Phi) is 6.16. The van der Waals surface area contributed by atoms with Crippen LogP contribution in [0.2, 0.25) is 0 Å². The Morgan fingerprint density at radius 1 is 1.04 bits per heavy atom. The lowest BCUT2D eigenvalue weighted by atomic mass is 10.1.